The van der Waals surface area contributed by atoms with Crippen LogP contribution in [0.4, 0.5) is 0 Å². The van der Waals surface area contributed by atoms with Gasteiger partial charge in [0, 0.05) is 18.5 Å². The van der Waals surface area contributed by atoms with Crippen molar-refractivity contribution in [2.24, 2.45) is 0 Å². The van der Waals surface area contributed by atoms with Gasteiger partial charge in [-0.25, -0.2) is 0 Å². The number of benzene rings is 1. The summed E-state index contributed by atoms with van der Waals surface area (Å²) in [6.45, 7) is 0.291. The Morgan fingerprint density at radius 3 is 2.92 bits per heavy atom. The lowest BCUT2D eigenvalue weighted by molar-refractivity contribution is -0.121. The normalized spacial score (nSPS) is 13.4. The summed E-state index contributed by atoms with van der Waals surface area (Å²) in [5, 5.41) is 22.1. The van der Waals surface area contributed by atoms with Gasteiger partial charge in [0.05, 0.1) is 17.9 Å². The molecule has 1 aliphatic carbocycles. The fourth-order valence-electron chi connectivity index (χ4n) is 3.34. The molecular formula is C18H21N7O. The van der Waals surface area contributed by atoms with Crippen LogP contribution in [-0.2, 0) is 30.6 Å². The third kappa shape index (κ3) is 3.49. The Morgan fingerprint density at radius 2 is 2.04 bits per heavy atom. The third-order valence-electron chi connectivity index (χ3n) is 4.71. The largest absolute Gasteiger partial charge is 0.349 e. The number of tetrazole rings is 1. The van der Waals surface area contributed by atoms with E-state index in [1.165, 1.54) is 24.1 Å². The van der Waals surface area contributed by atoms with Crippen molar-refractivity contribution in [1.82, 2.24) is 35.7 Å². The molecule has 2 N–H and O–H groups in total. The molecule has 1 amide bonds. The Balaban J connectivity index is 1.33. The van der Waals surface area contributed by atoms with Crippen LogP contribution in [0.1, 0.15) is 42.0 Å². The first-order valence-corrected chi connectivity index (χ1v) is 8.95. The highest BCUT2D eigenvalue weighted by atomic mass is 16.1. The zero-order valence-corrected chi connectivity index (χ0v) is 14.5. The van der Waals surface area contributed by atoms with E-state index in [0.717, 1.165) is 24.2 Å². The topological polar surface area (TPSA) is 101 Å². The Morgan fingerprint density at radius 1 is 1.19 bits per heavy atom. The number of aromatic amines is 1. The molecule has 8 heteroatoms. The molecule has 3 aromatic rings. The number of H-pyrrole nitrogens is 1. The van der Waals surface area contributed by atoms with Crippen molar-refractivity contribution in [3.63, 3.8) is 0 Å². The van der Waals surface area contributed by atoms with Gasteiger partial charge in [-0.2, -0.15) is 9.78 Å². The molecule has 0 aliphatic heterocycles. The number of amides is 1. The van der Waals surface area contributed by atoms with Gasteiger partial charge >= 0.3 is 0 Å². The van der Waals surface area contributed by atoms with E-state index >= 15 is 0 Å². The second-order valence-corrected chi connectivity index (χ2v) is 6.45. The van der Waals surface area contributed by atoms with Crippen LogP contribution in [0.3, 0.4) is 0 Å². The predicted octanol–water partition coefficient (Wildman–Crippen LogP) is 1.51. The van der Waals surface area contributed by atoms with Crippen molar-refractivity contribution < 1.29 is 4.79 Å². The van der Waals surface area contributed by atoms with Gasteiger partial charge in [0.15, 0.2) is 5.82 Å². The minimum atomic E-state index is -0.0276. The minimum absolute atomic E-state index is 0.0276. The summed E-state index contributed by atoms with van der Waals surface area (Å²) in [5.41, 5.74) is 4.46. The Bertz CT molecular complexity index is 884. The number of nitrogens with one attached hydrogen (secondary N) is 2. The summed E-state index contributed by atoms with van der Waals surface area (Å²) in [4.78, 5) is 12.2. The quantitative estimate of drug-likeness (QED) is 0.701. The van der Waals surface area contributed by atoms with E-state index in [2.05, 4.69) is 31.0 Å². The molecule has 8 nitrogen and oxygen atoms in total. The van der Waals surface area contributed by atoms with Gasteiger partial charge in [0.25, 0.3) is 0 Å². The number of hydrogen-bond acceptors (Lipinski definition) is 5. The second kappa shape index (κ2) is 7.47. The zero-order chi connectivity index (χ0) is 17.8. The first kappa shape index (κ1) is 16.4. The number of para-hydroxylation sites is 1. The molecule has 1 aliphatic rings. The summed E-state index contributed by atoms with van der Waals surface area (Å²) in [6.07, 6.45) is 5.61. The van der Waals surface area contributed by atoms with Crippen LogP contribution in [0.15, 0.2) is 30.3 Å². The molecule has 0 fully saturated rings. The van der Waals surface area contributed by atoms with Crippen LogP contribution < -0.4 is 5.32 Å². The summed E-state index contributed by atoms with van der Waals surface area (Å²) >= 11 is 0. The molecule has 2 heterocycles. The van der Waals surface area contributed by atoms with Gasteiger partial charge in [-0.1, -0.05) is 18.2 Å². The van der Waals surface area contributed by atoms with E-state index in [1.54, 1.807) is 4.68 Å². The van der Waals surface area contributed by atoms with E-state index in [-0.39, 0.29) is 5.91 Å². The van der Waals surface area contributed by atoms with E-state index in [9.17, 15) is 4.79 Å². The standard InChI is InChI=1S/C18H21N7O/c26-18(11-10-16-14-8-4-5-9-15(14)20-21-16)19-12-17-22-23-24-25(17)13-6-2-1-3-7-13/h1-3,6-7H,4-5,8-12H2,(H,19,26)(H,20,21). The lowest BCUT2D eigenvalue weighted by Crippen LogP contribution is -2.25. The van der Waals surface area contributed by atoms with Crippen molar-refractivity contribution in [1.29, 1.82) is 0 Å². The number of rotatable bonds is 6. The first-order valence-electron chi connectivity index (χ1n) is 8.95. The van der Waals surface area contributed by atoms with Crippen molar-refractivity contribution in [3.8, 4) is 5.69 Å². The van der Waals surface area contributed by atoms with Crippen LogP contribution in [0, 0.1) is 0 Å². The highest BCUT2D eigenvalue weighted by Crippen LogP contribution is 2.22. The Hall–Kier alpha value is -3.03. The maximum atomic E-state index is 12.2. The minimum Gasteiger partial charge on any atom is -0.349 e. The molecule has 0 spiro atoms. The van der Waals surface area contributed by atoms with Crippen LogP contribution in [-0.4, -0.2) is 36.3 Å². The number of fused-ring (bicyclic) bond motifs is 1. The summed E-state index contributed by atoms with van der Waals surface area (Å²) in [7, 11) is 0. The number of hydrogen-bond donors (Lipinski definition) is 2. The molecule has 0 saturated heterocycles. The zero-order valence-electron chi connectivity index (χ0n) is 14.5. The fourth-order valence-corrected chi connectivity index (χ4v) is 3.34. The molecule has 134 valence electrons. The maximum Gasteiger partial charge on any atom is 0.220 e. The van der Waals surface area contributed by atoms with Gasteiger partial charge in [-0.3, -0.25) is 9.89 Å². The van der Waals surface area contributed by atoms with Crippen molar-refractivity contribution in [2.45, 2.75) is 45.1 Å². The molecule has 0 radical (unpaired) electrons. The highest BCUT2D eigenvalue weighted by Gasteiger charge is 2.17. The summed E-state index contributed by atoms with van der Waals surface area (Å²) < 4.78 is 1.63. The predicted molar refractivity (Wildman–Crippen MR) is 94.6 cm³/mol. The van der Waals surface area contributed by atoms with E-state index in [1.807, 2.05) is 30.3 Å². The SMILES string of the molecule is O=C(CCc1n[nH]c2c1CCCC2)NCc1nnnn1-c1ccccc1. The lowest BCUT2D eigenvalue weighted by Gasteiger charge is -2.11. The molecule has 0 bridgehead atoms. The molecule has 0 atom stereocenters. The first-order chi connectivity index (χ1) is 12.8. The average Bonchev–Trinajstić information content (AvgIpc) is 3.32. The molecule has 26 heavy (non-hydrogen) atoms. The van der Waals surface area contributed by atoms with Crippen LogP contribution >= 0.6 is 0 Å². The van der Waals surface area contributed by atoms with Gasteiger partial charge in [0.2, 0.25) is 5.91 Å². The van der Waals surface area contributed by atoms with E-state index in [0.29, 0.717) is 25.2 Å². The molecule has 0 unspecified atom stereocenters. The van der Waals surface area contributed by atoms with E-state index < -0.39 is 0 Å². The Labute approximate surface area is 151 Å². The van der Waals surface area contributed by atoms with Crippen LogP contribution in [0.2, 0.25) is 0 Å². The van der Waals surface area contributed by atoms with E-state index in [4.69, 9.17) is 0 Å². The molecule has 2 aromatic heterocycles. The van der Waals surface area contributed by atoms with Crippen molar-refractivity contribution >= 4 is 5.91 Å². The van der Waals surface area contributed by atoms with Gasteiger partial charge in [-0.05, 0) is 53.8 Å². The molecule has 4 rings (SSSR count). The second-order valence-electron chi connectivity index (χ2n) is 6.45. The molecule has 1 aromatic carbocycles. The fraction of sp³-hybridized carbons (Fsp3) is 0.389. The Kier molecular flexibility index (Phi) is 4.72. The van der Waals surface area contributed by atoms with Gasteiger partial charge in [0.1, 0.15) is 0 Å². The van der Waals surface area contributed by atoms with Crippen LogP contribution in [0.5, 0.6) is 0 Å². The molecule has 0 saturated carbocycles. The highest BCUT2D eigenvalue weighted by molar-refractivity contribution is 5.76. The molecular weight excluding hydrogens is 330 g/mol. The van der Waals surface area contributed by atoms with Gasteiger partial charge < -0.3 is 5.32 Å². The number of aryl methyl sites for hydroxylation is 2. The monoisotopic (exact) mass is 351 g/mol. The number of nitrogens with zero attached hydrogens (tertiary/aromatic N) is 5. The smallest absolute Gasteiger partial charge is 0.220 e. The average molecular weight is 351 g/mol. The summed E-state index contributed by atoms with van der Waals surface area (Å²) in [5.74, 6) is 0.571. The number of carbonyl (C=O) groups is 1. The third-order valence-corrected chi connectivity index (χ3v) is 4.71. The van der Waals surface area contributed by atoms with Crippen molar-refractivity contribution in [2.75, 3.05) is 0 Å². The summed E-state index contributed by atoms with van der Waals surface area (Å²) in [6, 6.07) is 9.61. The van der Waals surface area contributed by atoms with Crippen molar-refractivity contribution in [3.05, 3.63) is 53.1 Å². The lowest BCUT2D eigenvalue weighted by atomic mass is 9.95. The van der Waals surface area contributed by atoms with Gasteiger partial charge in [-0.15, -0.1) is 5.10 Å². The number of carbonyl (C=O) groups excluding carboxylic acids is 1. The maximum absolute atomic E-state index is 12.2. The number of aromatic nitrogens is 6. The van der Waals surface area contributed by atoms with Crippen LogP contribution in [0.25, 0.3) is 5.69 Å².